The third kappa shape index (κ3) is 3.10. The maximum atomic E-state index is 12.1. The molecule has 3 aromatic rings. The second kappa shape index (κ2) is 6.42. The third-order valence-electron chi connectivity index (χ3n) is 3.64. The van der Waals surface area contributed by atoms with Crippen LogP contribution in [0.25, 0.3) is 5.65 Å². The number of hydrogen-bond donors (Lipinski definition) is 1. The summed E-state index contributed by atoms with van der Waals surface area (Å²) >= 11 is 1.75. The molecule has 0 bridgehead atoms. The minimum atomic E-state index is -0.0420. The molecule has 0 aliphatic heterocycles. The molecule has 1 N–H and O–H groups in total. The molecule has 3 rings (SSSR count). The van der Waals surface area contributed by atoms with Gasteiger partial charge in [-0.3, -0.25) is 9.20 Å². The molecule has 0 aliphatic carbocycles. The molecule has 3 heterocycles. The van der Waals surface area contributed by atoms with E-state index >= 15 is 0 Å². The Bertz CT molecular complexity index is 808. The number of fused-ring (bicyclic) bond motifs is 1. The number of rotatable bonds is 5. The van der Waals surface area contributed by atoms with E-state index in [1.165, 1.54) is 4.88 Å². The first-order valence-electron chi connectivity index (χ1n) is 7.39. The van der Waals surface area contributed by atoms with Crippen molar-refractivity contribution >= 4 is 17.0 Å². The van der Waals surface area contributed by atoms with Crippen LogP contribution in [0.2, 0.25) is 0 Å². The minimum Gasteiger partial charge on any atom is -0.303 e. The number of pyridine rings is 1. The number of aromatic nitrogens is 2. The zero-order valence-electron chi connectivity index (χ0n) is 12.7. The Morgan fingerprint density at radius 3 is 2.86 bits per heavy atom. The smallest absolute Gasteiger partial charge is 0.258 e. The Labute approximate surface area is 133 Å². The molecule has 3 aromatic heterocycles. The normalized spacial score (nSPS) is 12.9. The summed E-state index contributed by atoms with van der Waals surface area (Å²) in [4.78, 5) is 18.0. The predicted molar refractivity (Wildman–Crippen MR) is 90.2 cm³/mol. The van der Waals surface area contributed by atoms with Crippen molar-refractivity contribution in [2.45, 2.75) is 26.4 Å². The Hall–Kier alpha value is -1.98. The molecule has 0 saturated heterocycles. The van der Waals surface area contributed by atoms with Crippen molar-refractivity contribution in [3.05, 3.63) is 68.9 Å². The molecular weight excluding hydrogens is 294 g/mol. The highest BCUT2D eigenvalue weighted by Crippen LogP contribution is 2.25. The van der Waals surface area contributed by atoms with Crippen LogP contribution >= 0.6 is 11.3 Å². The molecule has 0 aliphatic rings. The predicted octanol–water partition coefficient (Wildman–Crippen LogP) is 3.24. The molecular formula is C17H19N3OS. The first kappa shape index (κ1) is 14.9. The lowest BCUT2D eigenvalue weighted by atomic mass is 10.0. The van der Waals surface area contributed by atoms with Gasteiger partial charge in [-0.05, 0) is 29.5 Å². The fourth-order valence-electron chi connectivity index (χ4n) is 2.54. The van der Waals surface area contributed by atoms with Gasteiger partial charge in [-0.2, -0.15) is 0 Å². The van der Waals surface area contributed by atoms with Gasteiger partial charge in [0.05, 0.1) is 5.69 Å². The van der Waals surface area contributed by atoms with Gasteiger partial charge in [0.25, 0.3) is 5.56 Å². The summed E-state index contributed by atoms with van der Waals surface area (Å²) < 4.78 is 1.56. The number of nitrogens with zero attached hydrogens (tertiary/aromatic N) is 2. The molecule has 5 heteroatoms. The summed E-state index contributed by atoms with van der Waals surface area (Å²) in [6.45, 7) is 4.97. The number of hydrogen-bond acceptors (Lipinski definition) is 4. The average Bonchev–Trinajstić information content (AvgIpc) is 3.01. The standard InChI is InChI=1S/C17H19N3OS/c1-12(2)17(14-6-5-9-22-14)18-11-13-10-16(21)20-8-4-3-7-15(20)19-13/h3-10,12,17-18H,11H2,1-2H3. The summed E-state index contributed by atoms with van der Waals surface area (Å²) in [5.74, 6) is 0.472. The van der Waals surface area contributed by atoms with Crippen LogP contribution in [-0.2, 0) is 6.54 Å². The molecule has 114 valence electrons. The van der Waals surface area contributed by atoms with Crippen molar-refractivity contribution in [3.63, 3.8) is 0 Å². The van der Waals surface area contributed by atoms with Gasteiger partial charge >= 0.3 is 0 Å². The van der Waals surface area contributed by atoms with E-state index < -0.39 is 0 Å². The van der Waals surface area contributed by atoms with E-state index in [0.717, 1.165) is 5.69 Å². The molecule has 1 unspecified atom stereocenters. The number of thiophene rings is 1. The Morgan fingerprint density at radius 1 is 1.27 bits per heavy atom. The van der Waals surface area contributed by atoms with Crippen LogP contribution < -0.4 is 10.9 Å². The van der Waals surface area contributed by atoms with Gasteiger partial charge in [0.2, 0.25) is 0 Å². The lowest BCUT2D eigenvalue weighted by Crippen LogP contribution is -2.26. The van der Waals surface area contributed by atoms with Crippen molar-refractivity contribution in [1.82, 2.24) is 14.7 Å². The van der Waals surface area contributed by atoms with E-state index in [9.17, 15) is 4.79 Å². The maximum Gasteiger partial charge on any atom is 0.258 e. The highest BCUT2D eigenvalue weighted by Gasteiger charge is 2.16. The Morgan fingerprint density at radius 2 is 2.14 bits per heavy atom. The maximum absolute atomic E-state index is 12.1. The summed E-state index contributed by atoms with van der Waals surface area (Å²) in [6.07, 6.45) is 1.74. The highest BCUT2D eigenvalue weighted by atomic mass is 32.1. The van der Waals surface area contributed by atoms with Crippen molar-refractivity contribution < 1.29 is 0 Å². The second-order valence-corrected chi connectivity index (χ2v) is 6.61. The SMILES string of the molecule is CC(C)C(NCc1cc(=O)n2ccccc2n1)c1cccs1. The van der Waals surface area contributed by atoms with Crippen LogP contribution in [0.4, 0.5) is 0 Å². The topological polar surface area (TPSA) is 46.4 Å². The molecule has 22 heavy (non-hydrogen) atoms. The fourth-order valence-corrected chi connectivity index (χ4v) is 3.51. The van der Waals surface area contributed by atoms with Gasteiger partial charge in [0.15, 0.2) is 0 Å². The summed E-state index contributed by atoms with van der Waals surface area (Å²) in [5, 5.41) is 5.62. The largest absolute Gasteiger partial charge is 0.303 e. The van der Waals surface area contributed by atoms with Gasteiger partial charge in [-0.25, -0.2) is 4.98 Å². The van der Waals surface area contributed by atoms with Crippen molar-refractivity contribution in [1.29, 1.82) is 0 Å². The highest BCUT2D eigenvalue weighted by molar-refractivity contribution is 7.10. The molecule has 4 nitrogen and oxygen atoms in total. The third-order valence-corrected chi connectivity index (χ3v) is 4.60. The quantitative estimate of drug-likeness (QED) is 0.786. The van der Waals surface area contributed by atoms with Crippen LogP contribution in [0.15, 0.2) is 52.8 Å². The van der Waals surface area contributed by atoms with E-state index in [0.29, 0.717) is 18.1 Å². The second-order valence-electron chi connectivity index (χ2n) is 5.63. The van der Waals surface area contributed by atoms with Crippen LogP contribution in [-0.4, -0.2) is 9.38 Å². The molecule has 0 fully saturated rings. The van der Waals surface area contributed by atoms with Gasteiger partial charge in [-0.1, -0.05) is 26.0 Å². The molecule has 0 amide bonds. The zero-order valence-corrected chi connectivity index (χ0v) is 13.5. The van der Waals surface area contributed by atoms with E-state index in [1.807, 2.05) is 18.2 Å². The zero-order chi connectivity index (χ0) is 15.5. The molecule has 0 saturated carbocycles. The average molecular weight is 313 g/mol. The fraction of sp³-hybridized carbons (Fsp3) is 0.294. The molecule has 0 aromatic carbocycles. The lowest BCUT2D eigenvalue weighted by molar-refractivity contribution is 0.414. The summed E-state index contributed by atoms with van der Waals surface area (Å²) in [7, 11) is 0. The summed E-state index contributed by atoms with van der Waals surface area (Å²) in [6, 6.07) is 11.7. The number of nitrogens with one attached hydrogen (secondary N) is 1. The minimum absolute atomic E-state index is 0.0420. The first-order chi connectivity index (χ1) is 10.6. The van der Waals surface area contributed by atoms with Crippen LogP contribution in [0.3, 0.4) is 0 Å². The van der Waals surface area contributed by atoms with Crippen LogP contribution in [0, 0.1) is 5.92 Å². The van der Waals surface area contributed by atoms with E-state index in [4.69, 9.17) is 0 Å². The van der Waals surface area contributed by atoms with Crippen LogP contribution in [0.1, 0.15) is 30.5 Å². The van der Waals surface area contributed by atoms with Gasteiger partial charge in [0.1, 0.15) is 5.65 Å². The molecule has 1 atom stereocenters. The van der Waals surface area contributed by atoms with Crippen molar-refractivity contribution in [2.24, 2.45) is 5.92 Å². The Balaban J connectivity index is 1.82. The van der Waals surface area contributed by atoms with E-state index in [-0.39, 0.29) is 11.6 Å². The van der Waals surface area contributed by atoms with Gasteiger partial charge in [0, 0.05) is 29.7 Å². The van der Waals surface area contributed by atoms with Crippen LogP contribution in [0.5, 0.6) is 0 Å². The molecule has 0 spiro atoms. The first-order valence-corrected chi connectivity index (χ1v) is 8.27. The van der Waals surface area contributed by atoms with Crippen molar-refractivity contribution in [3.8, 4) is 0 Å². The monoisotopic (exact) mass is 313 g/mol. The molecule has 0 radical (unpaired) electrons. The Kier molecular flexibility index (Phi) is 4.36. The van der Waals surface area contributed by atoms with Gasteiger partial charge in [-0.15, -0.1) is 11.3 Å². The van der Waals surface area contributed by atoms with E-state index in [2.05, 4.69) is 41.7 Å². The van der Waals surface area contributed by atoms with E-state index in [1.54, 1.807) is 28.0 Å². The lowest BCUT2D eigenvalue weighted by Gasteiger charge is -2.21. The summed E-state index contributed by atoms with van der Waals surface area (Å²) in [5.41, 5.74) is 1.42. The van der Waals surface area contributed by atoms with Crippen molar-refractivity contribution in [2.75, 3.05) is 0 Å². The van der Waals surface area contributed by atoms with Gasteiger partial charge < -0.3 is 5.32 Å².